The molecule has 0 aliphatic heterocycles. The Kier molecular flexibility index (Phi) is 7.73. The van der Waals surface area contributed by atoms with E-state index < -0.39 is 0 Å². The predicted molar refractivity (Wildman–Crippen MR) is 105 cm³/mol. The summed E-state index contributed by atoms with van der Waals surface area (Å²) in [7, 11) is 1.58. The molecule has 2 amide bonds. The van der Waals surface area contributed by atoms with E-state index in [2.05, 4.69) is 16.0 Å². The van der Waals surface area contributed by atoms with Crippen LogP contribution in [0.5, 0.6) is 0 Å². The normalized spacial score (nSPS) is 10.0. The van der Waals surface area contributed by atoms with Gasteiger partial charge in [-0.25, -0.2) is 0 Å². The lowest BCUT2D eigenvalue weighted by Crippen LogP contribution is -2.35. The standard InChI is InChI=1S/C19H21N3O3S/c1-25-12-11-20-18(24)15-7-9-16(10-8-15)21-19(26)22-17(23)13-14-5-3-2-4-6-14/h2-10H,11-13H2,1H3,(H,20,24)(H2,21,22,23,26). The first-order chi connectivity index (χ1) is 12.6. The number of benzene rings is 2. The molecule has 0 aliphatic rings. The summed E-state index contributed by atoms with van der Waals surface area (Å²) < 4.78 is 4.89. The molecule has 0 bridgehead atoms. The molecule has 3 N–H and O–H groups in total. The molecule has 0 unspecified atom stereocenters. The molecule has 0 radical (unpaired) electrons. The topological polar surface area (TPSA) is 79.5 Å². The number of carbonyl (C=O) groups excluding carboxylic acids is 2. The molecule has 26 heavy (non-hydrogen) atoms. The summed E-state index contributed by atoms with van der Waals surface area (Å²) in [6, 6.07) is 16.2. The highest BCUT2D eigenvalue weighted by atomic mass is 32.1. The van der Waals surface area contributed by atoms with Gasteiger partial charge >= 0.3 is 0 Å². The Hall–Kier alpha value is -2.77. The van der Waals surface area contributed by atoms with Crippen molar-refractivity contribution < 1.29 is 14.3 Å². The number of ether oxygens (including phenoxy) is 1. The fourth-order valence-corrected chi connectivity index (χ4v) is 2.42. The lowest BCUT2D eigenvalue weighted by molar-refractivity contribution is -0.119. The van der Waals surface area contributed by atoms with Crippen molar-refractivity contribution in [2.75, 3.05) is 25.6 Å². The van der Waals surface area contributed by atoms with E-state index in [1.165, 1.54) is 0 Å². The Balaban J connectivity index is 1.81. The fraction of sp³-hybridized carbons (Fsp3) is 0.211. The van der Waals surface area contributed by atoms with Gasteiger partial charge in [0.05, 0.1) is 13.0 Å². The van der Waals surface area contributed by atoms with E-state index >= 15 is 0 Å². The van der Waals surface area contributed by atoms with Crippen LogP contribution < -0.4 is 16.0 Å². The Labute approximate surface area is 157 Å². The number of hydrogen-bond acceptors (Lipinski definition) is 4. The summed E-state index contributed by atoms with van der Waals surface area (Å²) in [5.74, 6) is -0.366. The summed E-state index contributed by atoms with van der Waals surface area (Å²) in [5, 5.41) is 8.52. The summed E-state index contributed by atoms with van der Waals surface area (Å²) in [4.78, 5) is 23.9. The molecule has 0 atom stereocenters. The van der Waals surface area contributed by atoms with Crippen LogP contribution in [0.3, 0.4) is 0 Å². The molecule has 0 saturated carbocycles. The number of thiocarbonyl (C=S) groups is 1. The van der Waals surface area contributed by atoms with Gasteiger partial charge in [0.25, 0.3) is 5.91 Å². The molecule has 7 heteroatoms. The number of methoxy groups -OCH3 is 1. The van der Waals surface area contributed by atoms with Gasteiger partial charge in [0, 0.05) is 24.9 Å². The van der Waals surface area contributed by atoms with E-state index in [-0.39, 0.29) is 23.3 Å². The molecule has 2 aromatic rings. The predicted octanol–water partition coefficient (Wildman–Crippen LogP) is 2.12. The average Bonchev–Trinajstić information content (AvgIpc) is 2.63. The Morgan fingerprint density at radius 2 is 1.73 bits per heavy atom. The van der Waals surface area contributed by atoms with Crippen molar-refractivity contribution in [1.29, 1.82) is 0 Å². The minimum absolute atomic E-state index is 0.174. The van der Waals surface area contributed by atoms with Gasteiger partial charge in [-0.05, 0) is 42.0 Å². The molecule has 0 aliphatic carbocycles. The van der Waals surface area contributed by atoms with E-state index in [0.717, 1.165) is 5.56 Å². The second-order valence-corrected chi connectivity index (χ2v) is 5.90. The molecule has 0 aromatic heterocycles. The van der Waals surface area contributed by atoms with Crippen LogP contribution in [0.25, 0.3) is 0 Å². The molecule has 2 rings (SSSR count). The number of nitrogens with one attached hydrogen (secondary N) is 3. The zero-order valence-electron chi connectivity index (χ0n) is 14.5. The number of hydrogen-bond donors (Lipinski definition) is 3. The SMILES string of the molecule is COCCNC(=O)c1ccc(NC(=S)NC(=O)Cc2ccccc2)cc1. The maximum atomic E-state index is 12.0. The molecule has 2 aromatic carbocycles. The second kappa shape index (κ2) is 10.3. The van der Waals surface area contributed by atoms with Crippen molar-refractivity contribution in [3.05, 3.63) is 65.7 Å². The highest BCUT2D eigenvalue weighted by Crippen LogP contribution is 2.09. The monoisotopic (exact) mass is 371 g/mol. The molecule has 0 heterocycles. The summed E-state index contributed by atoms with van der Waals surface area (Å²) in [5.41, 5.74) is 2.13. The van der Waals surface area contributed by atoms with Gasteiger partial charge in [0.2, 0.25) is 5.91 Å². The minimum Gasteiger partial charge on any atom is -0.383 e. The molecule has 0 saturated heterocycles. The quantitative estimate of drug-likeness (QED) is 0.513. The van der Waals surface area contributed by atoms with Gasteiger partial charge in [0.15, 0.2) is 5.11 Å². The van der Waals surface area contributed by atoms with Gasteiger partial charge in [-0.15, -0.1) is 0 Å². The van der Waals surface area contributed by atoms with E-state index in [9.17, 15) is 9.59 Å². The molecule has 0 spiro atoms. The van der Waals surface area contributed by atoms with Crippen molar-refractivity contribution in [2.45, 2.75) is 6.42 Å². The van der Waals surface area contributed by atoms with Crippen molar-refractivity contribution in [3.63, 3.8) is 0 Å². The summed E-state index contributed by atoms with van der Waals surface area (Å²) in [6.07, 6.45) is 0.253. The van der Waals surface area contributed by atoms with Gasteiger partial charge in [-0.3, -0.25) is 9.59 Å². The molecule has 0 fully saturated rings. The Morgan fingerprint density at radius 1 is 1.04 bits per heavy atom. The van der Waals surface area contributed by atoms with E-state index in [1.54, 1.807) is 31.4 Å². The average molecular weight is 371 g/mol. The van der Waals surface area contributed by atoms with Crippen molar-refractivity contribution in [2.24, 2.45) is 0 Å². The third kappa shape index (κ3) is 6.62. The zero-order valence-corrected chi connectivity index (χ0v) is 15.3. The number of rotatable bonds is 7. The third-order valence-corrected chi connectivity index (χ3v) is 3.66. The third-order valence-electron chi connectivity index (χ3n) is 3.46. The zero-order chi connectivity index (χ0) is 18.8. The summed E-state index contributed by atoms with van der Waals surface area (Å²) in [6.45, 7) is 0.912. The maximum absolute atomic E-state index is 12.0. The van der Waals surface area contributed by atoms with Crippen LogP contribution in [0, 0.1) is 0 Å². The number of carbonyl (C=O) groups is 2. The minimum atomic E-state index is -0.192. The molecule has 136 valence electrons. The van der Waals surface area contributed by atoms with Crippen LogP contribution in [-0.4, -0.2) is 37.2 Å². The smallest absolute Gasteiger partial charge is 0.251 e. The van der Waals surface area contributed by atoms with Gasteiger partial charge in [0.1, 0.15) is 0 Å². The van der Waals surface area contributed by atoms with Gasteiger partial charge in [-0.2, -0.15) is 0 Å². The highest BCUT2D eigenvalue weighted by Gasteiger charge is 2.07. The molecular weight excluding hydrogens is 350 g/mol. The summed E-state index contributed by atoms with van der Waals surface area (Å²) >= 11 is 5.15. The first-order valence-corrected chi connectivity index (χ1v) is 8.51. The van der Waals surface area contributed by atoms with E-state index in [0.29, 0.717) is 24.4 Å². The fourth-order valence-electron chi connectivity index (χ4n) is 2.19. The van der Waals surface area contributed by atoms with Crippen molar-refractivity contribution in [3.8, 4) is 0 Å². The largest absolute Gasteiger partial charge is 0.383 e. The van der Waals surface area contributed by atoms with E-state index in [1.807, 2.05) is 30.3 Å². The van der Waals surface area contributed by atoms with Crippen LogP contribution >= 0.6 is 12.2 Å². The highest BCUT2D eigenvalue weighted by molar-refractivity contribution is 7.80. The first kappa shape index (κ1) is 19.6. The maximum Gasteiger partial charge on any atom is 0.251 e. The first-order valence-electron chi connectivity index (χ1n) is 8.10. The Morgan fingerprint density at radius 3 is 2.38 bits per heavy atom. The molecular formula is C19H21N3O3S. The van der Waals surface area contributed by atoms with Gasteiger partial charge < -0.3 is 20.7 Å². The van der Waals surface area contributed by atoms with Crippen LogP contribution in [0.15, 0.2) is 54.6 Å². The van der Waals surface area contributed by atoms with Crippen LogP contribution in [0.4, 0.5) is 5.69 Å². The van der Waals surface area contributed by atoms with Crippen LogP contribution in [-0.2, 0) is 16.0 Å². The van der Waals surface area contributed by atoms with Gasteiger partial charge in [-0.1, -0.05) is 30.3 Å². The second-order valence-electron chi connectivity index (χ2n) is 5.49. The number of anilines is 1. The van der Waals surface area contributed by atoms with E-state index in [4.69, 9.17) is 17.0 Å². The number of amides is 2. The van der Waals surface area contributed by atoms with Crippen LogP contribution in [0.1, 0.15) is 15.9 Å². The molecule has 6 nitrogen and oxygen atoms in total. The lowest BCUT2D eigenvalue weighted by atomic mass is 10.1. The van der Waals surface area contributed by atoms with Crippen molar-refractivity contribution in [1.82, 2.24) is 10.6 Å². The Bertz CT molecular complexity index is 748. The lowest BCUT2D eigenvalue weighted by Gasteiger charge is -2.10. The van der Waals surface area contributed by atoms with Crippen molar-refractivity contribution >= 4 is 34.8 Å². The van der Waals surface area contributed by atoms with Crippen LogP contribution in [0.2, 0.25) is 0 Å².